The van der Waals surface area contributed by atoms with Crippen LogP contribution in [0.2, 0.25) is 0 Å². The number of nitrogens with zero attached hydrogens (tertiary/aromatic N) is 5. The number of esters is 1. The monoisotopic (exact) mass is 465 g/mol. The molecule has 1 aromatic carbocycles. The second kappa shape index (κ2) is 11.7. The molecule has 4 rings (SSSR count). The molecule has 1 unspecified atom stereocenters. The van der Waals surface area contributed by atoms with E-state index in [0.29, 0.717) is 70.6 Å². The van der Waals surface area contributed by atoms with Crippen molar-refractivity contribution in [3.63, 3.8) is 0 Å². The number of rotatable bonds is 7. The fourth-order valence-electron chi connectivity index (χ4n) is 4.10. The summed E-state index contributed by atoms with van der Waals surface area (Å²) in [5.74, 6) is 0.260. The lowest BCUT2D eigenvalue weighted by atomic mass is 10.1. The van der Waals surface area contributed by atoms with Crippen LogP contribution >= 0.6 is 0 Å². The standard InChI is InChI=1S/C25H31N5O4/c1-2-34-24(32)21-18-26-25(27-19-21)30-12-10-28(11-13-30)22(9-8-20-6-4-3-5-7-20)23(31)29-14-16-33-17-15-29/h3-9,18-19,22H,2,10-17H2,1H3/b9-8+. The summed E-state index contributed by atoms with van der Waals surface area (Å²) in [4.78, 5) is 40.1. The van der Waals surface area contributed by atoms with E-state index in [2.05, 4.69) is 19.8 Å². The number of carbonyl (C=O) groups is 2. The zero-order valence-corrected chi connectivity index (χ0v) is 19.5. The number of carbonyl (C=O) groups excluding carboxylic acids is 2. The molecule has 0 saturated carbocycles. The first-order valence-corrected chi connectivity index (χ1v) is 11.7. The van der Waals surface area contributed by atoms with E-state index in [1.165, 1.54) is 12.4 Å². The van der Waals surface area contributed by atoms with Gasteiger partial charge in [-0.15, -0.1) is 0 Å². The molecule has 0 aliphatic carbocycles. The van der Waals surface area contributed by atoms with Gasteiger partial charge in [0.1, 0.15) is 6.04 Å². The second-order valence-corrected chi connectivity index (χ2v) is 8.17. The molecule has 2 aliphatic rings. The molecule has 2 aromatic rings. The van der Waals surface area contributed by atoms with Crippen LogP contribution in [-0.2, 0) is 14.3 Å². The normalized spacial score (nSPS) is 18.1. The summed E-state index contributed by atoms with van der Waals surface area (Å²) in [5.41, 5.74) is 1.41. The minimum atomic E-state index is -0.423. The minimum Gasteiger partial charge on any atom is -0.462 e. The van der Waals surface area contributed by atoms with E-state index >= 15 is 0 Å². The van der Waals surface area contributed by atoms with Gasteiger partial charge in [0, 0.05) is 51.7 Å². The molecule has 0 N–H and O–H groups in total. The zero-order valence-electron chi connectivity index (χ0n) is 19.5. The van der Waals surface area contributed by atoms with E-state index in [4.69, 9.17) is 9.47 Å². The predicted molar refractivity (Wildman–Crippen MR) is 128 cm³/mol. The lowest BCUT2D eigenvalue weighted by Crippen LogP contribution is -2.56. The van der Waals surface area contributed by atoms with E-state index in [-0.39, 0.29) is 11.9 Å². The number of morpholine rings is 1. The van der Waals surface area contributed by atoms with Gasteiger partial charge in [-0.2, -0.15) is 0 Å². The van der Waals surface area contributed by atoms with Crippen molar-refractivity contribution in [1.82, 2.24) is 19.8 Å². The molecule has 2 fully saturated rings. The van der Waals surface area contributed by atoms with Crippen molar-refractivity contribution in [2.45, 2.75) is 13.0 Å². The van der Waals surface area contributed by atoms with Gasteiger partial charge in [0.05, 0.1) is 25.4 Å². The first-order valence-electron chi connectivity index (χ1n) is 11.7. The number of amides is 1. The average molecular weight is 466 g/mol. The fourth-order valence-corrected chi connectivity index (χ4v) is 4.10. The highest BCUT2D eigenvalue weighted by molar-refractivity contribution is 5.88. The predicted octanol–water partition coefficient (Wildman–Crippen LogP) is 1.72. The number of aromatic nitrogens is 2. The molecular weight excluding hydrogens is 434 g/mol. The molecule has 3 heterocycles. The lowest BCUT2D eigenvalue weighted by Gasteiger charge is -2.39. The molecule has 9 nitrogen and oxygen atoms in total. The lowest BCUT2D eigenvalue weighted by molar-refractivity contribution is -0.139. The van der Waals surface area contributed by atoms with Crippen molar-refractivity contribution in [3.8, 4) is 0 Å². The maximum Gasteiger partial charge on any atom is 0.341 e. The van der Waals surface area contributed by atoms with Gasteiger partial charge in [0.2, 0.25) is 11.9 Å². The van der Waals surface area contributed by atoms with Crippen LogP contribution in [0.15, 0.2) is 48.8 Å². The summed E-state index contributed by atoms with van der Waals surface area (Å²) in [6, 6.07) is 9.68. The van der Waals surface area contributed by atoms with Gasteiger partial charge in [0.25, 0.3) is 0 Å². The topological polar surface area (TPSA) is 88.1 Å². The number of benzene rings is 1. The van der Waals surface area contributed by atoms with E-state index in [1.807, 2.05) is 47.4 Å². The molecule has 1 atom stereocenters. The summed E-state index contributed by atoms with van der Waals surface area (Å²) in [5, 5.41) is 0. The van der Waals surface area contributed by atoms with Crippen molar-refractivity contribution >= 4 is 23.9 Å². The van der Waals surface area contributed by atoms with Gasteiger partial charge < -0.3 is 19.3 Å². The Morgan fingerprint density at radius 3 is 2.35 bits per heavy atom. The second-order valence-electron chi connectivity index (χ2n) is 8.17. The number of hydrogen-bond donors (Lipinski definition) is 0. The Bertz CT molecular complexity index is 969. The Kier molecular flexibility index (Phi) is 8.21. The average Bonchev–Trinajstić information content (AvgIpc) is 2.90. The van der Waals surface area contributed by atoms with Crippen molar-refractivity contribution in [2.24, 2.45) is 0 Å². The minimum absolute atomic E-state index is 0.110. The molecule has 1 aromatic heterocycles. The van der Waals surface area contributed by atoms with Crippen LogP contribution in [0.4, 0.5) is 5.95 Å². The SMILES string of the molecule is CCOC(=O)c1cnc(N2CCN(C(/C=C/c3ccccc3)C(=O)N3CCOCC3)CC2)nc1. The van der Waals surface area contributed by atoms with Crippen molar-refractivity contribution in [1.29, 1.82) is 0 Å². The Labute approximate surface area is 200 Å². The Balaban J connectivity index is 1.43. The molecule has 0 spiro atoms. The molecule has 0 radical (unpaired) electrons. The Morgan fingerprint density at radius 2 is 1.71 bits per heavy atom. The third-order valence-electron chi connectivity index (χ3n) is 5.99. The Morgan fingerprint density at radius 1 is 1.03 bits per heavy atom. The first-order chi connectivity index (χ1) is 16.7. The smallest absolute Gasteiger partial charge is 0.341 e. The van der Waals surface area contributed by atoms with Gasteiger partial charge in [0.15, 0.2) is 0 Å². The van der Waals surface area contributed by atoms with Gasteiger partial charge in [-0.1, -0.05) is 42.5 Å². The van der Waals surface area contributed by atoms with Crippen LogP contribution < -0.4 is 4.90 Å². The molecule has 34 heavy (non-hydrogen) atoms. The van der Waals surface area contributed by atoms with Gasteiger partial charge in [-0.25, -0.2) is 14.8 Å². The third kappa shape index (κ3) is 5.98. The molecule has 2 aliphatic heterocycles. The molecule has 180 valence electrons. The van der Waals surface area contributed by atoms with E-state index < -0.39 is 5.97 Å². The van der Waals surface area contributed by atoms with Crippen molar-refractivity contribution in [2.75, 3.05) is 64.0 Å². The quantitative estimate of drug-likeness (QED) is 0.571. The Hall–Kier alpha value is -3.30. The van der Waals surface area contributed by atoms with Crippen LogP contribution in [0.5, 0.6) is 0 Å². The third-order valence-corrected chi connectivity index (χ3v) is 5.99. The summed E-state index contributed by atoms with van der Waals surface area (Å²) in [6.07, 6.45) is 7.03. The maximum atomic E-state index is 13.4. The largest absolute Gasteiger partial charge is 0.462 e. The number of piperazine rings is 1. The van der Waals surface area contributed by atoms with Gasteiger partial charge in [-0.05, 0) is 12.5 Å². The molecule has 0 bridgehead atoms. The highest BCUT2D eigenvalue weighted by Crippen LogP contribution is 2.17. The summed E-state index contributed by atoms with van der Waals surface area (Å²) in [7, 11) is 0. The van der Waals surface area contributed by atoms with Crippen LogP contribution in [0, 0.1) is 0 Å². The molecule has 2 saturated heterocycles. The van der Waals surface area contributed by atoms with E-state index in [9.17, 15) is 9.59 Å². The molecule has 1 amide bonds. The van der Waals surface area contributed by atoms with Crippen molar-refractivity contribution < 1.29 is 19.1 Å². The van der Waals surface area contributed by atoms with Gasteiger partial charge >= 0.3 is 5.97 Å². The van der Waals surface area contributed by atoms with E-state index in [0.717, 1.165) is 5.56 Å². The molecular formula is C25H31N5O4. The fraction of sp³-hybridized carbons (Fsp3) is 0.440. The number of anilines is 1. The summed E-state index contributed by atoms with van der Waals surface area (Å²) >= 11 is 0. The number of ether oxygens (including phenoxy) is 2. The van der Waals surface area contributed by atoms with Crippen LogP contribution in [0.3, 0.4) is 0 Å². The van der Waals surface area contributed by atoms with Crippen LogP contribution in [-0.4, -0.2) is 96.8 Å². The van der Waals surface area contributed by atoms with Crippen molar-refractivity contribution in [3.05, 3.63) is 59.9 Å². The van der Waals surface area contributed by atoms with E-state index in [1.54, 1.807) is 6.92 Å². The van der Waals surface area contributed by atoms with Gasteiger partial charge in [-0.3, -0.25) is 9.69 Å². The maximum absolute atomic E-state index is 13.4. The summed E-state index contributed by atoms with van der Waals surface area (Å²) < 4.78 is 10.4. The first kappa shape index (κ1) is 23.8. The highest BCUT2D eigenvalue weighted by Gasteiger charge is 2.31. The highest BCUT2D eigenvalue weighted by atomic mass is 16.5. The van der Waals surface area contributed by atoms with Crippen LogP contribution in [0.1, 0.15) is 22.8 Å². The number of hydrogen-bond acceptors (Lipinski definition) is 8. The van der Waals surface area contributed by atoms with Crippen LogP contribution in [0.25, 0.3) is 6.08 Å². The summed E-state index contributed by atoms with van der Waals surface area (Å²) in [6.45, 7) is 7.23. The molecule has 9 heteroatoms. The zero-order chi connectivity index (χ0) is 23.8.